The van der Waals surface area contributed by atoms with Crippen LogP contribution in [0, 0.1) is 0 Å². The minimum atomic E-state index is -0.0534. The lowest BCUT2D eigenvalue weighted by Crippen LogP contribution is -2.35. The fourth-order valence-corrected chi connectivity index (χ4v) is 3.73. The third kappa shape index (κ3) is 2.31. The van der Waals surface area contributed by atoms with Crippen LogP contribution in [0.25, 0.3) is 4.96 Å². The Bertz CT molecular complexity index is 882. The van der Waals surface area contributed by atoms with Crippen molar-refractivity contribution in [1.29, 1.82) is 0 Å². The highest BCUT2D eigenvalue weighted by molar-refractivity contribution is 7.18. The largest absolute Gasteiger partial charge is 0.306 e. The van der Waals surface area contributed by atoms with Gasteiger partial charge in [0.05, 0.1) is 0 Å². The lowest BCUT2D eigenvalue weighted by molar-refractivity contribution is 0.0983. The van der Waals surface area contributed by atoms with Gasteiger partial charge in [-0.25, -0.2) is 0 Å². The first kappa shape index (κ1) is 14.3. The van der Waals surface area contributed by atoms with Crippen LogP contribution in [-0.4, -0.2) is 32.3 Å². The molecular formula is C16H17N5OS. The van der Waals surface area contributed by atoms with E-state index in [-0.39, 0.29) is 11.8 Å². The van der Waals surface area contributed by atoms with E-state index in [1.54, 1.807) is 4.52 Å². The van der Waals surface area contributed by atoms with Gasteiger partial charge in [0, 0.05) is 18.2 Å². The summed E-state index contributed by atoms with van der Waals surface area (Å²) in [4.78, 5) is 15.4. The minimum absolute atomic E-state index is 0.0534. The lowest BCUT2D eigenvalue weighted by Gasteiger charge is -2.28. The number of carbonyl (C=O) groups excluding carboxylic acids is 1. The number of para-hydroxylation sites is 1. The molecule has 0 unspecified atom stereocenters. The van der Waals surface area contributed by atoms with Crippen LogP contribution in [0.3, 0.4) is 0 Å². The van der Waals surface area contributed by atoms with Crippen molar-refractivity contribution >= 4 is 27.9 Å². The van der Waals surface area contributed by atoms with E-state index < -0.39 is 0 Å². The summed E-state index contributed by atoms with van der Waals surface area (Å²) in [5.74, 6) is 0.947. The summed E-state index contributed by atoms with van der Waals surface area (Å²) in [6, 6.07) is 8.08. The van der Waals surface area contributed by atoms with Gasteiger partial charge in [-0.1, -0.05) is 43.4 Å². The van der Waals surface area contributed by atoms with Crippen molar-refractivity contribution in [2.75, 3.05) is 11.4 Å². The van der Waals surface area contributed by atoms with Crippen LogP contribution < -0.4 is 4.90 Å². The van der Waals surface area contributed by atoms with Gasteiger partial charge in [-0.3, -0.25) is 4.79 Å². The molecule has 1 aromatic carbocycles. The van der Waals surface area contributed by atoms with E-state index >= 15 is 0 Å². The molecule has 6 nitrogen and oxygen atoms in total. The number of hydrogen-bond donors (Lipinski definition) is 0. The molecule has 0 fully saturated rings. The van der Waals surface area contributed by atoms with E-state index in [0.717, 1.165) is 30.9 Å². The number of aryl methyl sites for hydroxylation is 1. The maximum Gasteiger partial charge on any atom is 0.289 e. The van der Waals surface area contributed by atoms with Gasteiger partial charge in [0.2, 0.25) is 9.97 Å². The molecule has 0 spiro atoms. The van der Waals surface area contributed by atoms with Gasteiger partial charge >= 0.3 is 0 Å². The Balaban J connectivity index is 1.73. The Labute approximate surface area is 137 Å². The lowest BCUT2D eigenvalue weighted by atomic mass is 10.0. The van der Waals surface area contributed by atoms with E-state index in [0.29, 0.717) is 9.97 Å². The highest BCUT2D eigenvalue weighted by Crippen LogP contribution is 2.29. The molecule has 118 valence electrons. The molecular weight excluding hydrogens is 310 g/mol. The molecule has 1 aliphatic heterocycles. The van der Waals surface area contributed by atoms with Gasteiger partial charge in [-0.15, -0.1) is 15.3 Å². The molecule has 0 bridgehead atoms. The smallest absolute Gasteiger partial charge is 0.289 e. The van der Waals surface area contributed by atoms with Crippen molar-refractivity contribution in [3.63, 3.8) is 0 Å². The predicted octanol–water partition coefficient (Wildman–Crippen LogP) is 2.90. The maximum absolute atomic E-state index is 12.9. The summed E-state index contributed by atoms with van der Waals surface area (Å²) < 4.78 is 1.69. The number of benzene rings is 1. The highest BCUT2D eigenvalue weighted by atomic mass is 32.1. The first-order valence-corrected chi connectivity index (χ1v) is 8.58. The highest BCUT2D eigenvalue weighted by Gasteiger charge is 2.27. The zero-order valence-electron chi connectivity index (χ0n) is 13.1. The Morgan fingerprint density at radius 1 is 1.26 bits per heavy atom. The topological polar surface area (TPSA) is 63.4 Å². The summed E-state index contributed by atoms with van der Waals surface area (Å²) in [5.41, 5.74) is 2.22. The Morgan fingerprint density at radius 2 is 2.09 bits per heavy atom. The zero-order chi connectivity index (χ0) is 16.0. The van der Waals surface area contributed by atoms with Crippen molar-refractivity contribution in [1.82, 2.24) is 19.8 Å². The van der Waals surface area contributed by atoms with Crippen LogP contribution >= 0.6 is 11.3 Å². The number of carbonyl (C=O) groups is 1. The maximum atomic E-state index is 12.9. The first-order chi connectivity index (χ1) is 11.1. The second-order valence-corrected chi connectivity index (χ2v) is 6.96. The van der Waals surface area contributed by atoms with Gasteiger partial charge < -0.3 is 4.90 Å². The molecule has 0 atom stereocenters. The number of amides is 1. The molecule has 0 radical (unpaired) electrons. The quantitative estimate of drug-likeness (QED) is 0.726. The standard InChI is InChI=1S/C16H17N5OS/c1-10(2)13-17-18-16-21(13)19-14(23-16)15(22)20-9-5-7-11-6-3-4-8-12(11)20/h3-4,6,8,10H,5,7,9H2,1-2H3. The molecule has 3 aromatic rings. The number of fused-ring (bicyclic) bond motifs is 2. The fourth-order valence-electron chi connectivity index (χ4n) is 2.94. The van der Waals surface area contributed by atoms with Crippen molar-refractivity contribution < 1.29 is 4.79 Å². The van der Waals surface area contributed by atoms with E-state index in [2.05, 4.69) is 21.4 Å². The molecule has 1 amide bonds. The molecule has 0 saturated carbocycles. The second-order valence-electron chi connectivity index (χ2n) is 6.00. The SMILES string of the molecule is CC(C)c1nnc2sc(C(=O)N3CCCc4ccccc43)nn12. The molecule has 7 heteroatoms. The Kier molecular flexibility index (Phi) is 3.37. The molecule has 1 aliphatic rings. The zero-order valence-corrected chi connectivity index (χ0v) is 13.9. The number of nitrogens with zero attached hydrogens (tertiary/aromatic N) is 5. The predicted molar refractivity (Wildman–Crippen MR) is 89.2 cm³/mol. The monoisotopic (exact) mass is 327 g/mol. The number of hydrogen-bond acceptors (Lipinski definition) is 5. The summed E-state index contributed by atoms with van der Waals surface area (Å²) in [6.45, 7) is 4.81. The number of rotatable bonds is 2. The van der Waals surface area contributed by atoms with E-state index in [1.807, 2.05) is 36.9 Å². The average Bonchev–Trinajstić information content (AvgIpc) is 3.13. The van der Waals surface area contributed by atoms with Crippen LogP contribution in [0.4, 0.5) is 5.69 Å². The molecule has 4 rings (SSSR count). The summed E-state index contributed by atoms with van der Waals surface area (Å²) >= 11 is 1.30. The van der Waals surface area contributed by atoms with Crippen molar-refractivity contribution in [2.45, 2.75) is 32.6 Å². The van der Waals surface area contributed by atoms with Gasteiger partial charge in [0.1, 0.15) is 0 Å². The molecule has 0 N–H and O–H groups in total. The Hall–Kier alpha value is -2.28. The van der Waals surface area contributed by atoms with Gasteiger partial charge in [0.25, 0.3) is 5.91 Å². The molecule has 3 heterocycles. The number of aromatic nitrogens is 4. The number of anilines is 1. The second kappa shape index (κ2) is 5.42. The third-order valence-corrected chi connectivity index (χ3v) is 4.96. The van der Waals surface area contributed by atoms with Gasteiger partial charge in [-0.05, 0) is 24.5 Å². The van der Waals surface area contributed by atoms with Crippen molar-refractivity contribution in [3.05, 3.63) is 40.7 Å². The summed E-state index contributed by atoms with van der Waals surface area (Å²) in [7, 11) is 0. The van der Waals surface area contributed by atoms with Crippen LogP contribution in [0.15, 0.2) is 24.3 Å². The molecule has 23 heavy (non-hydrogen) atoms. The van der Waals surface area contributed by atoms with Crippen molar-refractivity contribution in [2.24, 2.45) is 0 Å². The van der Waals surface area contributed by atoms with E-state index in [4.69, 9.17) is 0 Å². The van der Waals surface area contributed by atoms with Crippen LogP contribution in [0.2, 0.25) is 0 Å². The van der Waals surface area contributed by atoms with Crippen LogP contribution in [-0.2, 0) is 6.42 Å². The van der Waals surface area contributed by atoms with E-state index in [9.17, 15) is 4.79 Å². The fraction of sp³-hybridized carbons (Fsp3) is 0.375. The molecule has 2 aromatic heterocycles. The van der Waals surface area contributed by atoms with Gasteiger partial charge in [0.15, 0.2) is 5.82 Å². The van der Waals surface area contributed by atoms with E-state index in [1.165, 1.54) is 16.9 Å². The molecule has 0 aliphatic carbocycles. The molecule has 0 saturated heterocycles. The normalized spacial score (nSPS) is 14.5. The average molecular weight is 327 g/mol. The van der Waals surface area contributed by atoms with Crippen LogP contribution in [0.5, 0.6) is 0 Å². The Morgan fingerprint density at radius 3 is 2.91 bits per heavy atom. The summed E-state index contributed by atoms with van der Waals surface area (Å²) in [5, 5.41) is 13.2. The minimum Gasteiger partial charge on any atom is -0.306 e. The van der Waals surface area contributed by atoms with Crippen LogP contribution in [0.1, 0.15) is 47.4 Å². The third-order valence-electron chi connectivity index (χ3n) is 4.07. The van der Waals surface area contributed by atoms with Crippen molar-refractivity contribution in [3.8, 4) is 0 Å². The first-order valence-electron chi connectivity index (χ1n) is 7.77. The summed E-state index contributed by atoms with van der Waals surface area (Å²) in [6.07, 6.45) is 1.99. The van der Waals surface area contributed by atoms with Gasteiger partial charge in [-0.2, -0.15) is 4.52 Å².